The average molecular weight is 356 g/mol. The molecule has 6 nitrogen and oxygen atoms in total. The standard InChI is InChI=1S/C19H17FN2O4/c1-12(23)21(2)15-5-7-17(8-6-15)26-11-16-9-13-3-4-14(20)10-18(13)22(16)19(24)25/h3-10H,11H2,1-2H3,(H,24,25). The molecule has 3 rings (SSSR count). The number of halogens is 1. The van der Waals surface area contributed by atoms with E-state index >= 15 is 0 Å². The lowest BCUT2D eigenvalue weighted by Crippen LogP contribution is -2.22. The Morgan fingerprint density at radius 1 is 1.15 bits per heavy atom. The number of fused-ring (bicyclic) bond motifs is 1. The van der Waals surface area contributed by atoms with Crippen molar-refractivity contribution in [3.05, 3.63) is 60.0 Å². The molecule has 0 aliphatic rings. The summed E-state index contributed by atoms with van der Waals surface area (Å²) in [4.78, 5) is 24.4. The van der Waals surface area contributed by atoms with E-state index in [0.717, 1.165) is 10.3 Å². The first-order valence-electron chi connectivity index (χ1n) is 7.87. The Morgan fingerprint density at radius 3 is 2.46 bits per heavy atom. The van der Waals surface area contributed by atoms with Gasteiger partial charge in [0.05, 0.1) is 11.2 Å². The zero-order chi connectivity index (χ0) is 18.8. The first-order valence-corrected chi connectivity index (χ1v) is 7.87. The minimum Gasteiger partial charge on any atom is -0.487 e. The Labute approximate surface area is 149 Å². The van der Waals surface area contributed by atoms with Gasteiger partial charge in [0.2, 0.25) is 5.91 Å². The molecule has 26 heavy (non-hydrogen) atoms. The lowest BCUT2D eigenvalue weighted by Gasteiger charge is -2.15. The molecule has 0 spiro atoms. The van der Waals surface area contributed by atoms with E-state index in [0.29, 0.717) is 16.8 Å². The molecule has 1 heterocycles. The normalized spacial score (nSPS) is 10.7. The molecule has 0 radical (unpaired) electrons. The molecular formula is C19H17FN2O4. The predicted octanol–water partition coefficient (Wildman–Crippen LogP) is 3.87. The van der Waals surface area contributed by atoms with E-state index in [4.69, 9.17) is 4.74 Å². The maximum atomic E-state index is 13.4. The van der Waals surface area contributed by atoms with Gasteiger partial charge in [-0.1, -0.05) is 0 Å². The molecule has 1 N–H and O–H groups in total. The molecule has 0 saturated carbocycles. The summed E-state index contributed by atoms with van der Waals surface area (Å²) in [7, 11) is 1.67. The Balaban J connectivity index is 1.82. The molecule has 1 aromatic heterocycles. The van der Waals surface area contributed by atoms with E-state index in [9.17, 15) is 19.1 Å². The van der Waals surface area contributed by atoms with Crippen molar-refractivity contribution in [2.45, 2.75) is 13.5 Å². The van der Waals surface area contributed by atoms with E-state index in [-0.39, 0.29) is 18.0 Å². The average Bonchev–Trinajstić information content (AvgIpc) is 2.97. The first kappa shape index (κ1) is 17.5. The van der Waals surface area contributed by atoms with Crippen LogP contribution >= 0.6 is 0 Å². The Kier molecular flexibility index (Phi) is 4.62. The van der Waals surface area contributed by atoms with Gasteiger partial charge in [0.25, 0.3) is 0 Å². The van der Waals surface area contributed by atoms with Crippen LogP contribution in [0.2, 0.25) is 0 Å². The molecule has 0 saturated heterocycles. The molecule has 0 aliphatic heterocycles. The number of carbonyl (C=O) groups is 2. The fourth-order valence-electron chi connectivity index (χ4n) is 2.67. The topological polar surface area (TPSA) is 71.8 Å². The highest BCUT2D eigenvalue weighted by Gasteiger charge is 2.15. The molecule has 7 heteroatoms. The van der Waals surface area contributed by atoms with Crippen molar-refractivity contribution in [2.24, 2.45) is 0 Å². The fourth-order valence-corrected chi connectivity index (χ4v) is 2.67. The molecule has 0 unspecified atom stereocenters. The maximum Gasteiger partial charge on any atom is 0.416 e. The van der Waals surface area contributed by atoms with Crippen LogP contribution in [0.1, 0.15) is 12.6 Å². The number of ether oxygens (including phenoxy) is 1. The monoisotopic (exact) mass is 356 g/mol. The molecule has 3 aromatic rings. The molecule has 0 fully saturated rings. The van der Waals surface area contributed by atoms with Crippen LogP contribution in [0.5, 0.6) is 5.75 Å². The number of nitrogens with zero attached hydrogens (tertiary/aromatic N) is 2. The third-order valence-corrected chi connectivity index (χ3v) is 4.12. The van der Waals surface area contributed by atoms with Gasteiger partial charge in [0.15, 0.2) is 0 Å². The zero-order valence-electron chi connectivity index (χ0n) is 14.3. The summed E-state index contributed by atoms with van der Waals surface area (Å²) in [6.45, 7) is 1.47. The summed E-state index contributed by atoms with van der Waals surface area (Å²) < 4.78 is 20.1. The lowest BCUT2D eigenvalue weighted by molar-refractivity contribution is -0.116. The predicted molar refractivity (Wildman–Crippen MR) is 95.2 cm³/mol. The molecule has 0 aliphatic carbocycles. The number of hydrogen-bond donors (Lipinski definition) is 1. The maximum absolute atomic E-state index is 13.4. The highest BCUT2D eigenvalue weighted by Crippen LogP contribution is 2.24. The van der Waals surface area contributed by atoms with Gasteiger partial charge in [-0.2, -0.15) is 0 Å². The van der Waals surface area contributed by atoms with E-state index in [1.807, 2.05) is 0 Å². The smallest absolute Gasteiger partial charge is 0.416 e. The number of hydrogen-bond acceptors (Lipinski definition) is 3. The van der Waals surface area contributed by atoms with Gasteiger partial charge in [-0.3, -0.25) is 4.79 Å². The van der Waals surface area contributed by atoms with Crippen LogP contribution in [0.3, 0.4) is 0 Å². The number of benzene rings is 2. The van der Waals surface area contributed by atoms with Gasteiger partial charge < -0.3 is 14.7 Å². The number of carbonyl (C=O) groups excluding carboxylic acids is 1. The van der Waals surface area contributed by atoms with Crippen LogP contribution in [0.25, 0.3) is 10.9 Å². The van der Waals surface area contributed by atoms with Gasteiger partial charge in [-0.15, -0.1) is 0 Å². The highest BCUT2D eigenvalue weighted by atomic mass is 19.1. The van der Waals surface area contributed by atoms with Crippen molar-refractivity contribution >= 4 is 28.6 Å². The molecule has 134 valence electrons. The summed E-state index contributed by atoms with van der Waals surface area (Å²) in [5.74, 6) is -0.0632. The number of aromatic nitrogens is 1. The second-order valence-corrected chi connectivity index (χ2v) is 5.82. The van der Waals surface area contributed by atoms with Gasteiger partial charge >= 0.3 is 6.09 Å². The summed E-state index contributed by atoms with van der Waals surface area (Å²) in [5.41, 5.74) is 1.39. The van der Waals surface area contributed by atoms with Crippen LogP contribution in [0, 0.1) is 5.82 Å². The number of anilines is 1. The second kappa shape index (κ2) is 6.87. The van der Waals surface area contributed by atoms with Crippen molar-refractivity contribution < 1.29 is 23.8 Å². The Morgan fingerprint density at radius 2 is 1.85 bits per heavy atom. The number of rotatable bonds is 4. The van der Waals surface area contributed by atoms with Crippen molar-refractivity contribution in [2.75, 3.05) is 11.9 Å². The third kappa shape index (κ3) is 3.37. The van der Waals surface area contributed by atoms with Crippen molar-refractivity contribution in [3.8, 4) is 5.75 Å². The van der Waals surface area contributed by atoms with E-state index in [2.05, 4.69) is 0 Å². The van der Waals surface area contributed by atoms with Crippen molar-refractivity contribution in [1.82, 2.24) is 4.57 Å². The molecule has 0 bridgehead atoms. The van der Waals surface area contributed by atoms with Crippen molar-refractivity contribution in [1.29, 1.82) is 0 Å². The fraction of sp³-hybridized carbons (Fsp3) is 0.158. The number of carboxylic acid groups (broad SMARTS) is 1. The van der Waals surface area contributed by atoms with Gasteiger partial charge in [-0.25, -0.2) is 13.8 Å². The summed E-state index contributed by atoms with van der Waals surface area (Å²) in [6.07, 6.45) is -1.21. The molecule has 0 atom stereocenters. The van der Waals surface area contributed by atoms with Gasteiger partial charge in [0, 0.05) is 25.0 Å². The van der Waals surface area contributed by atoms with Gasteiger partial charge in [-0.05, 0) is 48.5 Å². The quantitative estimate of drug-likeness (QED) is 0.770. The SMILES string of the molecule is CC(=O)N(C)c1ccc(OCc2cc3ccc(F)cc3n2C(=O)O)cc1. The van der Waals surface area contributed by atoms with E-state index in [1.54, 1.807) is 37.4 Å². The lowest BCUT2D eigenvalue weighted by atomic mass is 10.2. The molecular weight excluding hydrogens is 339 g/mol. The zero-order valence-corrected chi connectivity index (χ0v) is 14.3. The number of amides is 1. The van der Waals surface area contributed by atoms with Crippen LogP contribution < -0.4 is 9.64 Å². The minimum absolute atomic E-state index is 0.00446. The summed E-state index contributed by atoms with van der Waals surface area (Å²) in [5, 5.41) is 10.1. The minimum atomic E-state index is -1.21. The molecule has 2 aromatic carbocycles. The summed E-state index contributed by atoms with van der Waals surface area (Å²) >= 11 is 0. The van der Waals surface area contributed by atoms with E-state index < -0.39 is 11.9 Å². The third-order valence-electron chi connectivity index (χ3n) is 4.12. The summed E-state index contributed by atoms with van der Waals surface area (Å²) in [6, 6.07) is 12.5. The van der Waals surface area contributed by atoms with Gasteiger partial charge in [0.1, 0.15) is 18.2 Å². The first-order chi connectivity index (χ1) is 12.4. The largest absolute Gasteiger partial charge is 0.487 e. The highest BCUT2D eigenvalue weighted by molar-refractivity contribution is 5.91. The Hall–Kier alpha value is -3.35. The van der Waals surface area contributed by atoms with Crippen LogP contribution in [-0.4, -0.2) is 28.7 Å². The Bertz CT molecular complexity index is 979. The van der Waals surface area contributed by atoms with Crippen LogP contribution in [0.15, 0.2) is 48.5 Å². The van der Waals surface area contributed by atoms with E-state index in [1.165, 1.54) is 30.0 Å². The van der Waals surface area contributed by atoms with Crippen LogP contribution in [0.4, 0.5) is 14.9 Å². The van der Waals surface area contributed by atoms with Crippen LogP contribution in [-0.2, 0) is 11.4 Å². The second-order valence-electron chi connectivity index (χ2n) is 5.82. The van der Waals surface area contributed by atoms with Crippen molar-refractivity contribution in [3.63, 3.8) is 0 Å². The molecule has 1 amide bonds.